The van der Waals surface area contributed by atoms with Crippen LogP contribution in [0.15, 0.2) is 22.8 Å². The van der Waals surface area contributed by atoms with Gasteiger partial charge in [-0.2, -0.15) is 0 Å². The van der Waals surface area contributed by atoms with Gasteiger partial charge in [0.05, 0.1) is 11.2 Å². The summed E-state index contributed by atoms with van der Waals surface area (Å²) in [6, 6.07) is 3.86. The van der Waals surface area contributed by atoms with Gasteiger partial charge in [-0.25, -0.2) is 4.98 Å². The summed E-state index contributed by atoms with van der Waals surface area (Å²) in [5.74, 6) is 0. The molecule has 15 heavy (non-hydrogen) atoms. The fourth-order valence-corrected chi connectivity index (χ4v) is 2.38. The smallest absolute Gasteiger partial charge is 0.138 e. The second-order valence-electron chi connectivity index (χ2n) is 3.98. The largest absolute Gasteiger partial charge is 0.320 e. The molecule has 1 aliphatic rings. The topological polar surface area (TPSA) is 43.3 Å². The number of hydrogen-bond acceptors (Lipinski definition) is 2. The molecule has 1 fully saturated rings. The van der Waals surface area contributed by atoms with Crippen LogP contribution in [-0.4, -0.2) is 9.38 Å². The fraction of sp³-hybridized carbons (Fsp3) is 0.300. The molecule has 0 amide bonds. The molecule has 2 heterocycles. The Morgan fingerprint density at radius 1 is 1.47 bits per heavy atom. The summed E-state index contributed by atoms with van der Waals surface area (Å²) in [5, 5.41) is 0.631. The Labute approximate surface area is 100 Å². The van der Waals surface area contributed by atoms with Crippen LogP contribution in [0, 0.1) is 0 Å². The normalized spacial score (nSPS) is 18.3. The molecular weight excluding hydrogens is 277 g/mol. The predicted octanol–water partition coefficient (Wildman–Crippen LogP) is 2.70. The van der Waals surface area contributed by atoms with E-state index in [1.165, 1.54) is 0 Å². The second-order valence-corrected chi connectivity index (χ2v) is 5.26. The molecule has 0 unspecified atom stereocenters. The van der Waals surface area contributed by atoms with Gasteiger partial charge in [0.1, 0.15) is 10.8 Å². The van der Waals surface area contributed by atoms with Crippen LogP contribution in [0.25, 0.3) is 5.65 Å². The van der Waals surface area contributed by atoms with Crippen molar-refractivity contribution in [2.45, 2.75) is 18.4 Å². The van der Waals surface area contributed by atoms with Gasteiger partial charge in [0.2, 0.25) is 0 Å². The molecule has 2 aromatic rings. The van der Waals surface area contributed by atoms with Crippen molar-refractivity contribution in [3.63, 3.8) is 0 Å². The molecule has 0 aliphatic heterocycles. The number of imidazole rings is 1. The summed E-state index contributed by atoms with van der Waals surface area (Å²) >= 11 is 9.66. The van der Waals surface area contributed by atoms with E-state index in [-0.39, 0.29) is 5.54 Å². The molecule has 78 valence electrons. The summed E-state index contributed by atoms with van der Waals surface area (Å²) in [4.78, 5) is 4.47. The number of hydrogen-bond donors (Lipinski definition) is 1. The predicted molar refractivity (Wildman–Crippen MR) is 63.0 cm³/mol. The third-order valence-corrected chi connectivity index (χ3v) is 3.61. The number of halogens is 2. The number of rotatable bonds is 1. The number of fused-ring (bicyclic) bond motifs is 1. The first-order valence-electron chi connectivity index (χ1n) is 4.73. The molecule has 0 radical (unpaired) electrons. The third kappa shape index (κ3) is 1.40. The lowest BCUT2D eigenvalue weighted by atomic mass is 10.2. The Bertz CT molecular complexity index is 545. The van der Waals surface area contributed by atoms with Crippen LogP contribution in [0.4, 0.5) is 0 Å². The quantitative estimate of drug-likeness (QED) is 0.876. The molecule has 0 bridgehead atoms. The van der Waals surface area contributed by atoms with Gasteiger partial charge in [-0.3, -0.25) is 4.40 Å². The molecule has 3 nitrogen and oxygen atoms in total. The molecule has 0 spiro atoms. The summed E-state index contributed by atoms with van der Waals surface area (Å²) < 4.78 is 2.83. The molecule has 0 atom stereocenters. The van der Waals surface area contributed by atoms with E-state index in [9.17, 15) is 0 Å². The third-order valence-electron chi connectivity index (χ3n) is 2.78. The standard InChI is InChI=1S/C10H9BrClN3/c11-6-1-2-7-14-8(10(13)3-4-10)9(12)15(7)5-6/h1-2,5H,3-4,13H2. The highest BCUT2D eigenvalue weighted by molar-refractivity contribution is 9.10. The number of nitrogens with zero attached hydrogens (tertiary/aromatic N) is 2. The van der Waals surface area contributed by atoms with Crippen molar-refractivity contribution in [3.8, 4) is 0 Å². The monoisotopic (exact) mass is 285 g/mol. The SMILES string of the molecule is NC1(c2nc3ccc(Br)cn3c2Cl)CC1. The Kier molecular flexibility index (Phi) is 1.90. The van der Waals surface area contributed by atoms with E-state index < -0.39 is 0 Å². The number of nitrogens with two attached hydrogens (primary N) is 1. The maximum atomic E-state index is 6.25. The first kappa shape index (κ1) is 9.63. The Morgan fingerprint density at radius 2 is 2.20 bits per heavy atom. The van der Waals surface area contributed by atoms with Crippen molar-refractivity contribution in [2.75, 3.05) is 0 Å². The Balaban J connectivity index is 2.29. The van der Waals surface area contributed by atoms with E-state index in [0.29, 0.717) is 5.15 Å². The van der Waals surface area contributed by atoms with Crippen molar-refractivity contribution in [1.82, 2.24) is 9.38 Å². The molecule has 2 aromatic heterocycles. The maximum Gasteiger partial charge on any atom is 0.138 e. The zero-order valence-electron chi connectivity index (χ0n) is 7.87. The number of aromatic nitrogens is 2. The van der Waals surface area contributed by atoms with E-state index in [1.807, 2.05) is 22.7 Å². The first-order valence-corrected chi connectivity index (χ1v) is 5.90. The van der Waals surface area contributed by atoms with Crippen LogP contribution >= 0.6 is 27.5 Å². The van der Waals surface area contributed by atoms with Crippen molar-refractivity contribution in [3.05, 3.63) is 33.6 Å². The van der Waals surface area contributed by atoms with Gasteiger partial charge in [-0.1, -0.05) is 11.6 Å². The highest BCUT2D eigenvalue weighted by Gasteiger charge is 2.44. The van der Waals surface area contributed by atoms with Crippen molar-refractivity contribution in [2.24, 2.45) is 5.73 Å². The highest BCUT2D eigenvalue weighted by atomic mass is 79.9. The van der Waals surface area contributed by atoms with E-state index in [4.69, 9.17) is 17.3 Å². The van der Waals surface area contributed by atoms with Gasteiger partial charge < -0.3 is 5.73 Å². The summed E-state index contributed by atoms with van der Waals surface area (Å²) in [5.41, 5.74) is 7.48. The molecule has 1 saturated carbocycles. The first-order chi connectivity index (χ1) is 7.10. The summed E-state index contributed by atoms with van der Waals surface area (Å²) in [7, 11) is 0. The molecule has 0 aromatic carbocycles. The number of pyridine rings is 1. The van der Waals surface area contributed by atoms with Crippen LogP contribution in [0.5, 0.6) is 0 Å². The van der Waals surface area contributed by atoms with Gasteiger partial charge in [0.15, 0.2) is 0 Å². The lowest BCUT2D eigenvalue weighted by Gasteiger charge is -2.03. The highest BCUT2D eigenvalue weighted by Crippen LogP contribution is 2.45. The van der Waals surface area contributed by atoms with Gasteiger partial charge in [0.25, 0.3) is 0 Å². The average molecular weight is 287 g/mol. The van der Waals surface area contributed by atoms with Gasteiger partial charge >= 0.3 is 0 Å². The van der Waals surface area contributed by atoms with Gasteiger partial charge in [-0.15, -0.1) is 0 Å². The van der Waals surface area contributed by atoms with E-state index in [1.54, 1.807) is 0 Å². The van der Waals surface area contributed by atoms with Crippen LogP contribution in [0.3, 0.4) is 0 Å². The average Bonchev–Trinajstić information content (AvgIpc) is 2.86. The Hall–Kier alpha value is -0.580. The molecule has 2 N–H and O–H groups in total. The van der Waals surface area contributed by atoms with Crippen LogP contribution in [-0.2, 0) is 5.54 Å². The second kappa shape index (κ2) is 2.97. The van der Waals surface area contributed by atoms with Crippen LogP contribution in [0.2, 0.25) is 5.15 Å². The van der Waals surface area contributed by atoms with Crippen LogP contribution in [0.1, 0.15) is 18.5 Å². The molecule has 5 heteroatoms. The van der Waals surface area contributed by atoms with E-state index >= 15 is 0 Å². The zero-order valence-corrected chi connectivity index (χ0v) is 10.2. The Morgan fingerprint density at radius 3 is 2.87 bits per heavy atom. The van der Waals surface area contributed by atoms with Crippen LogP contribution < -0.4 is 5.73 Å². The van der Waals surface area contributed by atoms with Gasteiger partial charge in [0, 0.05) is 10.7 Å². The summed E-state index contributed by atoms with van der Waals surface area (Å²) in [6.07, 6.45) is 3.84. The maximum absolute atomic E-state index is 6.25. The van der Waals surface area contributed by atoms with E-state index in [2.05, 4.69) is 20.9 Å². The molecule has 1 aliphatic carbocycles. The molecule has 0 saturated heterocycles. The van der Waals surface area contributed by atoms with E-state index in [0.717, 1.165) is 28.7 Å². The molecular formula is C10H9BrClN3. The minimum Gasteiger partial charge on any atom is -0.320 e. The lowest BCUT2D eigenvalue weighted by molar-refractivity contribution is 0.715. The molecule has 3 rings (SSSR count). The minimum atomic E-state index is -0.282. The summed E-state index contributed by atoms with van der Waals surface area (Å²) in [6.45, 7) is 0. The zero-order chi connectivity index (χ0) is 10.6. The van der Waals surface area contributed by atoms with Crippen molar-refractivity contribution < 1.29 is 0 Å². The van der Waals surface area contributed by atoms with Crippen molar-refractivity contribution >= 4 is 33.2 Å². The van der Waals surface area contributed by atoms with Crippen molar-refractivity contribution in [1.29, 1.82) is 0 Å². The fourth-order valence-electron chi connectivity index (χ4n) is 1.68. The lowest BCUT2D eigenvalue weighted by Crippen LogP contribution is -2.19. The minimum absolute atomic E-state index is 0.282. The van der Waals surface area contributed by atoms with Gasteiger partial charge in [-0.05, 0) is 40.9 Å².